The van der Waals surface area contributed by atoms with Crippen LogP contribution in [0, 0.1) is 0 Å². The van der Waals surface area contributed by atoms with Gasteiger partial charge >= 0.3 is 0 Å². The normalized spacial score (nSPS) is 15.5. The summed E-state index contributed by atoms with van der Waals surface area (Å²) in [6, 6.07) is 12.2. The first-order valence-corrected chi connectivity index (χ1v) is 11.2. The average Bonchev–Trinajstić information content (AvgIpc) is 3.07. The molecule has 1 aliphatic heterocycles. The van der Waals surface area contributed by atoms with Gasteiger partial charge in [-0.15, -0.1) is 0 Å². The number of benzene rings is 2. The van der Waals surface area contributed by atoms with Crippen LogP contribution in [0.25, 0.3) is 6.08 Å². The minimum absolute atomic E-state index is 0.0308. The van der Waals surface area contributed by atoms with Gasteiger partial charge in [0.15, 0.2) is 11.5 Å². The molecule has 0 unspecified atom stereocenters. The molecule has 2 aromatic carbocycles. The lowest BCUT2D eigenvalue weighted by molar-refractivity contribution is -0.127. The lowest BCUT2D eigenvalue weighted by atomic mass is 10.1. The zero-order valence-electron chi connectivity index (χ0n) is 18.9. The van der Waals surface area contributed by atoms with E-state index in [2.05, 4.69) is 5.32 Å². The molecular formula is C24H26N2O6S. The first-order valence-electron chi connectivity index (χ1n) is 10.4. The number of nitrogens with one attached hydrogen (secondary N) is 1. The van der Waals surface area contributed by atoms with E-state index in [9.17, 15) is 14.4 Å². The molecule has 0 radical (unpaired) electrons. The van der Waals surface area contributed by atoms with E-state index in [1.165, 1.54) is 14.2 Å². The number of carbonyl (C=O) groups excluding carboxylic acids is 3. The average molecular weight is 471 g/mol. The monoisotopic (exact) mass is 470 g/mol. The van der Waals surface area contributed by atoms with E-state index in [-0.39, 0.29) is 11.0 Å². The summed E-state index contributed by atoms with van der Waals surface area (Å²) in [7, 11) is 3.03. The second-order valence-corrected chi connectivity index (χ2v) is 8.26. The van der Waals surface area contributed by atoms with E-state index in [0.29, 0.717) is 28.5 Å². The van der Waals surface area contributed by atoms with Crippen LogP contribution < -0.4 is 19.5 Å². The maximum atomic E-state index is 12.8. The van der Waals surface area contributed by atoms with Gasteiger partial charge in [-0.3, -0.25) is 19.3 Å². The highest BCUT2D eigenvalue weighted by molar-refractivity contribution is 8.18. The summed E-state index contributed by atoms with van der Waals surface area (Å²) in [5.41, 5.74) is 1.13. The second kappa shape index (κ2) is 10.9. The smallest absolute Gasteiger partial charge is 0.294 e. The van der Waals surface area contributed by atoms with Crippen molar-refractivity contribution in [1.82, 2.24) is 4.90 Å². The summed E-state index contributed by atoms with van der Waals surface area (Å²) in [5, 5.41) is 2.16. The maximum absolute atomic E-state index is 12.8. The largest absolute Gasteiger partial charge is 0.495 e. The molecule has 0 aromatic heterocycles. The van der Waals surface area contributed by atoms with Gasteiger partial charge in [0.1, 0.15) is 12.3 Å². The van der Waals surface area contributed by atoms with Crippen molar-refractivity contribution in [3.8, 4) is 17.2 Å². The van der Waals surface area contributed by atoms with Gasteiger partial charge in [-0.2, -0.15) is 0 Å². The summed E-state index contributed by atoms with van der Waals surface area (Å²) in [6.45, 7) is 3.59. The number of methoxy groups -OCH3 is 2. The Morgan fingerprint density at radius 2 is 1.82 bits per heavy atom. The first kappa shape index (κ1) is 24.2. The van der Waals surface area contributed by atoms with Crippen molar-refractivity contribution in [2.75, 3.05) is 26.1 Å². The molecule has 1 atom stereocenters. The van der Waals surface area contributed by atoms with Crippen molar-refractivity contribution in [2.24, 2.45) is 0 Å². The van der Waals surface area contributed by atoms with Crippen LogP contribution in [-0.2, 0) is 9.59 Å². The number of imide groups is 1. The Labute approximate surface area is 196 Å². The fourth-order valence-corrected chi connectivity index (χ4v) is 3.88. The van der Waals surface area contributed by atoms with Crippen molar-refractivity contribution >= 4 is 40.6 Å². The van der Waals surface area contributed by atoms with Gasteiger partial charge in [0.25, 0.3) is 11.1 Å². The van der Waals surface area contributed by atoms with E-state index >= 15 is 0 Å². The molecule has 3 rings (SSSR count). The van der Waals surface area contributed by atoms with Crippen LogP contribution in [0.1, 0.15) is 25.8 Å². The summed E-state index contributed by atoms with van der Waals surface area (Å²) < 4.78 is 16.4. The van der Waals surface area contributed by atoms with Crippen molar-refractivity contribution < 1.29 is 28.6 Å². The molecule has 3 amide bonds. The number of carbonyl (C=O) groups is 3. The number of para-hydroxylation sites is 2. The molecule has 0 spiro atoms. The van der Waals surface area contributed by atoms with Crippen molar-refractivity contribution in [1.29, 1.82) is 0 Å². The molecule has 174 valence electrons. The van der Waals surface area contributed by atoms with Gasteiger partial charge in [0, 0.05) is 0 Å². The standard InChI is InChI=1S/C24H26N2O6S/c1-5-15(2)32-19-11-10-16(12-20(19)31-4)13-21-23(28)26(24(29)33-21)14-22(27)25-17-8-6-7-9-18(17)30-3/h6-13,15H,5,14H2,1-4H3,(H,25,27)/b21-13-/t15-/m0/s1. The Morgan fingerprint density at radius 1 is 1.09 bits per heavy atom. The highest BCUT2D eigenvalue weighted by Gasteiger charge is 2.36. The molecule has 1 fully saturated rings. The predicted octanol–water partition coefficient (Wildman–Crippen LogP) is 4.56. The summed E-state index contributed by atoms with van der Waals surface area (Å²) in [6.07, 6.45) is 2.48. The van der Waals surface area contributed by atoms with Crippen LogP contribution in [0.2, 0.25) is 0 Å². The van der Waals surface area contributed by atoms with Crippen LogP contribution in [-0.4, -0.2) is 48.8 Å². The fourth-order valence-electron chi connectivity index (χ4n) is 3.04. The van der Waals surface area contributed by atoms with E-state index in [1.54, 1.807) is 48.5 Å². The highest BCUT2D eigenvalue weighted by Crippen LogP contribution is 2.35. The minimum atomic E-state index is -0.529. The van der Waals surface area contributed by atoms with Gasteiger partial charge in [-0.1, -0.05) is 25.1 Å². The van der Waals surface area contributed by atoms with Crippen LogP contribution >= 0.6 is 11.8 Å². The van der Waals surface area contributed by atoms with Gasteiger partial charge < -0.3 is 19.5 Å². The van der Waals surface area contributed by atoms with Crippen LogP contribution in [0.3, 0.4) is 0 Å². The summed E-state index contributed by atoms with van der Waals surface area (Å²) >= 11 is 0.786. The number of nitrogens with zero attached hydrogens (tertiary/aromatic N) is 1. The van der Waals surface area contributed by atoms with E-state index in [0.717, 1.165) is 23.1 Å². The minimum Gasteiger partial charge on any atom is -0.495 e. The molecule has 1 saturated heterocycles. The van der Waals surface area contributed by atoms with Crippen LogP contribution in [0.5, 0.6) is 17.2 Å². The molecular weight excluding hydrogens is 444 g/mol. The Kier molecular flexibility index (Phi) is 8.00. The van der Waals surface area contributed by atoms with Gasteiger partial charge in [0.2, 0.25) is 5.91 Å². The first-order chi connectivity index (χ1) is 15.9. The second-order valence-electron chi connectivity index (χ2n) is 7.26. The Balaban J connectivity index is 1.72. The number of hydrogen-bond donors (Lipinski definition) is 1. The van der Waals surface area contributed by atoms with E-state index in [4.69, 9.17) is 14.2 Å². The molecule has 0 aliphatic carbocycles. The third-order valence-electron chi connectivity index (χ3n) is 4.94. The van der Waals surface area contributed by atoms with E-state index in [1.807, 2.05) is 13.8 Å². The number of ether oxygens (including phenoxy) is 3. The molecule has 33 heavy (non-hydrogen) atoms. The summed E-state index contributed by atoms with van der Waals surface area (Å²) in [4.78, 5) is 38.8. The molecule has 0 bridgehead atoms. The maximum Gasteiger partial charge on any atom is 0.294 e. The molecule has 9 heteroatoms. The van der Waals surface area contributed by atoms with Crippen molar-refractivity contribution in [2.45, 2.75) is 26.4 Å². The van der Waals surface area contributed by atoms with Gasteiger partial charge in [-0.05, 0) is 61.0 Å². The molecule has 1 aliphatic rings. The number of anilines is 1. The molecule has 1 N–H and O–H groups in total. The molecule has 2 aromatic rings. The number of amides is 3. The zero-order chi connectivity index (χ0) is 24.0. The lowest BCUT2D eigenvalue weighted by Gasteiger charge is -2.16. The van der Waals surface area contributed by atoms with Crippen LogP contribution in [0.15, 0.2) is 47.4 Å². The number of thioether (sulfide) groups is 1. The Bertz CT molecular complexity index is 1080. The third kappa shape index (κ3) is 5.87. The zero-order valence-corrected chi connectivity index (χ0v) is 19.7. The quantitative estimate of drug-likeness (QED) is 0.537. The lowest BCUT2D eigenvalue weighted by Crippen LogP contribution is -2.36. The third-order valence-corrected chi connectivity index (χ3v) is 5.85. The predicted molar refractivity (Wildman–Crippen MR) is 128 cm³/mol. The number of rotatable bonds is 9. The van der Waals surface area contributed by atoms with Crippen molar-refractivity contribution in [3.63, 3.8) is 0 Å². The highest BCUT2D eigenvalue weighted by atomic mass is 32.2. The van der Waals surface area contributed by atoms with E-state index < -0.39 is 23.6 Å². The summed E-state index contributed by atoms with van der Waals surface area (Å²) in [5.74, 6) is 0.578. The topological polar surface area (TPSA) is 94.2 Å². The fraction of sp³-hybridized carbons (Fsp3) is 0.292. The molecule has 8 nitrogen and oxygen atoms in total. The Morgan fingerprint density at radius 3 is 2.52 bits per heavy atom. The molecule has 0 saturated carbocycles. The van der Waals surface area contributed by atoms with Gasteiger partial charge in [0.05, 0.1) is 30.9 Å². The van der Waals surface area contributed by atoms with Crippen molar-refractivity contribution in [3.05, 3.63) is 52.9 Å². The number of hydrogen-bond acceptors (Lipinski definition) is 7. The van der Waals surface area contributed by atoms with Gasteiger partial charge in [-0.25, -0.2) is 0 Å². The SMILES string of the molecule is CC[C@H](C)Oc1ccc(/C=C2\SC(=O)N(CC(=O)Nc3ccccc3OC)C2=O)cc1OC. The van der Waals surface area contributed by atoms with Crippen LogP contribution in [0.4, 0.5) is 10.5 Å². The molecule has 1 heterocycles. The Hall–Kier alpha value is -3.46.